The van der Waals surface area contributed by atoms with Gasteiger partial charge in [-0.25, -0.2) is 5.84 Å². The van der Waals surface area contributed by atoms with E-state index in [4.69, 9.17) is 10.3 Å². The SMILES string of the molecule is NNC(=O)c1ccoc1CSc1ccccc1[N+](=O)[O-]. The van der Waals surface area contributed by atoms with Crippen molar-refractivity contribution in [3.8, 4) is 0 Å². The average molecular weight is 293 g/mol. The van der Waals surface area contributed by atoms with Crippen LogP contribution in [0.4, 0.5) is 5.69 Å². The number of nitrogen functional groups attached to an aromatic ring is 1. The highest BCUT2D eigenvalue weighted by atomic mass is 32.2. The molecule has 7 nitrogen and oxygen atoms in total. The number of amides is 1. The molecule has 0 bridgehead atoms. The average Bonchev–Trinajstić information content (AvgIpc) is 2.92. The van der Waals surface area contributed by atoms with Gasteiger partial charge < -0.3 is 4.42 Å². The third kappa shape index (κ3) is 2.98. The van der Waals surface area contributed by atoms with E-state index in [0.717, 1.165) is 0 Å². The van der Waals surface area contributed by atoms with Crippen molar-refractivity contribution in [1.82, 2.24) is 5.43 Å². The van der Waals surface area contributed by atoms with Crippen LogP contribution in [0.15, 0.2) is 45.9 Å². The second-order valence-corrected chi connectivity index (χ2v) is 4.76. The third-order valence-electron chi connectivity index (χ3n) is 2.54. The number of hydrogen-bond donors (Lipinski definition) is 2. The molecule has 3 N–H and O–H groups in total. The molecule has 0 aliphatic carbocycles. The highest BCUT2D eigenvalue weighted by molar-refractivity contribution is 7.98. The number of benzene rings is 1. The van der Waals surface area contributed by atoms with Gasteiger partial charge in [0.2, 0.25) is 0 Å². The van der Waals surface area contributed by atoms with E-state index in [-0.39, 0.29) is 5.69 Å². The summed E-state index contributed by atoms with van der Waals surface area (Å²) in [5.41, 5.74) is 2.36. The minimum atomic E-state index is -0.461. The molecule has 8 heteroatoms. The molecular weight excluding hydrogens is 282 g/mol. The number of hydrazine groups is 1. The fourth-order valence-corrected chi connectivity index (χ4v) is 2.58. The molecule has 0 aliphatic heterocycles. The summed E-state index contributed by atoms with van der Waals surface area (Å²) in [5, 5.41) is 10.9. The number of furan rings is 1. The van der Waals surface area contributed by atoms with Crippen LogP contribution in [0.25, 0.3) is 0 Å². The summed E-state index contributed by atoms with van der Waals surface area (Å²) < 4.78 is 5.20. The molecule has 1 aromatic heterocycles. The summed E-state index contributed by atoms with van der Waals surface area (Å²) in [6, 6.07) is 7.89. The number of thioether (sulfide) groups is 1. The van der Waals surface area contributed by atoms with E-state index in [1.807, 2.05) is 5.43 Å². The Hall–Kier alpha value is -2.32. The Morgan fingerprint density at radius 1 is 1.40 bits per heavy atom. The molecule has 0 saturated carbocycles. The summed E-state index contributed by atoms with van der Waals surface area (Å²) in [4.78, 5) is 22.4. The van der Waals surface area contributed by atoms with Crippen molar-refractivity contribution >= 4 is 23.4 Å². The van der Waals surface area contributed by atoms with E-state index in [0.29, 0.717) is 22.0 Å². The molecule has 1 amide bonds. The first-order valence-corrected chi connectivity index (χ1v) is 6.55. The Morgan fingerprint density at radius 3 is 2.85 bits per heavy atom. The zero-order valence-electron chi connectivity index (χ0n) is 10.2. The van der Waals surface area contributed by atoms with E-state index < -0.39 is 10.8 Å². The van der Waals surface area contributed by atoms with Gasteiger partial charge in [0, 0.05) is 6.07 Å². The molecule has 0 unspecified atom stereocenters. The summed E-state index contributed by atoms with van der Waals surface area (Å²) in [6.45, 7) is 0. The van der Waals surface area contributed by atoms with Gasteiger partial charge in [-0.15, -0.1) is 11.8 Å². The van der Waals surface area contributed by atoms with E-state index in [9.17, 15) is 14.9 Å². The van der Waals surface area contributed by atoms with Crippen LogP contribution in [0.3, 0.4) is 0 Å². The van der Waals surface area contributed by atoms with E-state index in [1.54, 1.807) is 18.2 Å². The number of rotatable bonds is 5. The zero-order valence-corrected chi connectivity index (χ0v) is 11.1. The number of nitrogens with one attached hydrogen (secondary N) is 1. The summed E-state index contributed by atoms with van der Waals surface area (Å²) in [7, 11) is 0. The maximum Gasteiger partial charge on any atom is 0.282 e. The topological polar surface area (TPSA) is 111 Å². The Bertz CT molecular complexity index is 641. The van der Waals surface area contributed by atoms with Gasteiger partial charge >= 0.3 is 0 Å². The van der Waals surface area contributed by atoms with Crippen molar-refractivity contribution in [2.45, 2.75) is 10.6 Å². The lowest BCUT2D eigenvalue weighted by Gasteiger charge is -2.03. The van der Waals surface area contributed by atoms with Gasteiger partial charge in [0.05, 0.1) is 27.4 Å². The van der Waals surface area contributed by atoms with Crippen molar-refractivity contribution in [2.75, 3.05) is 0 Å². The molecule has 0 radical (unpaired) electrons. The molecule has 104 valence electrons. The molecule has 20 heavy (non-hydrogen) atoms. The van der Waals surface area contributed by atoms with Gasteiger partial charge in [-0.3, -0.25) is 20.3 Å². The Kier molecular flexibility index (Phi) is 4.38. The largest absolute Gasteiger partial charge is 0.468 e. The van der Waals surface area contributed by atoms with Crippen LogP contribution < -0.4 is 11.3 Å². The molecule has 2 aromatic rings. The van der Waals surface area contributed by atoms with Crippen LogP contribution in [-0.2, 0) is 5.75 Å². The monoisotopic (exact) mass is 293 g/mol. The van der Waals surface area contributed by atoms with E-state index >= 15 is 0 Å². The van der Waals surface area contributed by atoms with Gasteiger partial charge in [-0.05, 0) is 12.1 Å². The highest BCUT2D eigenvalue weighted by Gasteiger charge is 2.17. The highest BCUT2D eigenvalue weighted by Crippen LogP contribution is 2.32. The first-order valence-electron chi connectivity index (χ1n) is 5.57. The van der Waals surface area contributed by atoms with Gasteiger partial charge in [0.25, 0.3) is 11.6 Å². The standard InChI is InChI=1S/C12H11N3O4S/c13-14-12(16)8-5-6-19-10(8)7-20-11-4-2-1-3-9(11)15(17)18/h1-6H,7,13H2,(H,14,16). The predicted molar refractivity (Wildman–Crippen MR) is 73.0 cm³/mol. The third-order valence-corrected chi connectivity index (χ3v) is 3.60. The molecule has 2 rings (SSSR count). The molecule has 0 aliphatic rings. The van der Waals surface area contributed by atoms with Gasteiger partial charge in [0.1, 0.15) is 5.76 Å². The number of nitrogens with two attached hydrogens (primary N) is 1. The van der Waals surface area contributed by atoms with Crippen LogP contribution in [-0.4, -0.2) is 10.8 Å². The number of nitro benzene ring substituents is 1. The van der Waals surface area contributed by atoms with Crippen molar-refractivity contribution in [3.63, 3.8) is 0 Å². The fraction of sp³-hybridized carbons (Fsp3) is 0.0833. The van der Waals surface area contributed by atoms with Crippen LogP contribution in [0.2, 0.25) is 0 Å². The lowest BCUT2D eigenvalue weighted by atomic mass is 10.2. The maximum absolute atomic E-state index is 11.5. The number of nitrogens with zero attached hydrogens (tertiary/aromatic N) is 1. The van der Waals surface area contributed by atoms with Crippen LogP contribution in [0, 0.1) is 10.1 Å². The van der Waals surface area contributed by atoms with Gasteiger partial charge in [-0.2, -0.15) is 0 Å². The van der Waals surface area contributed by atoms with Crippen LogP contribution >= 0.6 is 11.8 Å². The number of nitro groups is 1. The summed E-state index contributed by atoms with van der Waals surface area (Å²) in [6.07, 6.45) is 1.37. The molecule has 0 saturated heterocycles. The zero-order chi connectivity index (χ0) is 14.5. The first-order chi connectivity index (χ1) is 9.63. The number of hydrogen-bond acceptors (Lipinski definition) is 6. The number of para-hydroxylation sites is 1. The van der Waals surface area contributed by atoms with Crippen molar-refractivity contribution in [2.24, 2.45) is 5.84 Å². The molecule has 0 spiro atoms. The van der Waals surface area contributed by atoms with Gasteiger partial charge in [-0.1, -0.05) is 12.1 Å². The quantitative estimate of drug-likeness (QED) is 0.287. The molecule has 1 aromatic carbocycles. The minimum absolute atomic E-state index is 0.0221. The predicted octanol–water partition coefficient (Wildman–Crippen LogP) is 2.08. The smallest absolute Gasteiger partial charge is 0.282 e. The summed E-state index contributed by atoms with van der Waals surface area (Å²) >= 11 is 1.22. The number of carbonyl (C=O) groups is 1. The molecule has 1 heterocycles. The second kappa shape index (κ2) is 6.22. The summed E-state index contributed by atoms with van der Waals surface area (Å²) in [5.74, 6) is 5.31. The first kappa shape index (κ1) is 14.1. The molecule has 0 fully saturated rings. The lowest BCUT2D eigenvalue weighted by molar-refractivity contribution is -0.387. The molecule has 0 atom stereocenters. The van der Waals surface area contributed by atoms with E-state index in [1.165, 1.54) is 30.2 Å². The van der Waals surface area contributed by atoms with Crippen LogP contribution in [0.1, 0.15) is 16.1 Å². The van der Waals surface area contributed by atoms with Crippen molar-refractivity contribution in [3.05, 3.63) is 58.0 Å². The second-order valence-electron chi connectivity index (χ2n) is 3.74. The fourth-order valence-electron chi connectivity index (χ4n) is 1.61. The Balaban J connectivity index is 2.16. The maximum atomic E-state index is 11.5. The normalized spacial score (nSPS) is 10.2. The number of carbonyl (C=O) groups excluding carboxylic acids is 1. The minimum Gasteiger partial charge on any atom is -0.468 e. The Morgan fingerprint density at radius 2 is 2.15 bits per heavy atom. The lowest BCUT2D eigenvalue weighted by Crippen LogP contribution is -2.30. The van der Waals surface area contributed by atoms with Gasteiger partial charge in [0.15, 0.2) is 0 Å². The van der Waals surface area contributed by atoms with E-state index in [2.05, 4.69) is 0 Å². The van der Waals surface area contributed by atoms with Crippen molar-refractivity contribution < 1.29 is 14.1 Å². The Labute approximate surface area is 118 Å². The van der Waals surface area contributed by atoms with Crippen molar-refractivity contribution in [1.29, 1.82) is 0 Å². The van der Waals surface area contributed by atoms with Crippen LogP contribution in [0.5, 0.6) is 0 Å². The molecular formula is C12H11N3O4S.